The maximum absolute atomic E-state index is 13.6. The van der Waals surface area contributed by atoms with Crippen LogP contribution in [0.15, 0.2) is 65.8 Å². The lowest BCUT2D eigenvalue weighted by Gasteiger charge is -2.25. The van der Waals surface area contributed by atoms with Crippen LogP contribution in [-0.2, 0) is 4.79 Å². The van der Waals surface area contributed by atoms with Crippen molar-refractivity contribution < 1.29 is 23.5 Å². The molecule has 37 heavy (non-hydrogen) atoms. The van der Waals surface area contributed by atoms with Crippen LogP contribution < -0.4 is 9.47 Å². The van der Waals surface area contributed by atoms with Gasteiger partial charge in [0.2, 0.25) is 0 Å². The zero-order valence-electron chi connectivity index (χ0n) is 21.6. The Bertz CT molecular complexity index is 1370. The first-order chi connectivity index (χ1) is 17.7. The second-order valence-electron chi connectivity index (χ2n) is 9.09. The Morgan fingerprint density at radius 2 is 1.76 bits per heavy atom. The molecule has 7 nitrogen and oxygen atoms in total. The third kappa shape index (κ3) is 5.48. The molecule has 192 valence electrons. The average Bonchev–Trinajstić information content (AvgIpc) is 3.35. The minimum absolute atomic E-state index is 0.174. The van der Waals surface area contributed by atoms with E-state index in [2.05, 4.69) is 6.07 Å². The van der Waals surface area contributed by atoms with E-state index in [-0.39, 0.29) is 18.0 Å². The van der Waals surface area contributed by atoms with Crippen molar-refractivity contribution in [3.63, 3.8) is 0 Å². The molecule has 1 heterocycles. The average molecular weight is 504 g/mol. The molecule has 0 saturated heterocycles. The second-order valence-corrected chi connectivity index (χ2v) is 9.09. The first-order valence-corrected chi connectivity index (χ1v) is 11.9. The number of likely N-dealkylation sites (N-methyl/N-ethyl adjacent to an activating group) is 1. The van der Waals surface area contributed by atoms with Crippen molar-refractivity contribution in [2.45, 2.75) is 26.3 Å². The number of hydrazone groups is 1. The van der Waals surface area contributed by atoms with Gasteiger partial charge >= 0.3 is 0 Å². The fourth-order valence-corrected chi connectivity index (χ4v) is 4.34. The van der Waals surface area contributed by atoms with E-state index in [1.807, 2.05) is 38.1 Å². The van der Waals surface area contributed by atoms with E-state index in [0.717, 1.165) is 28.5 Å². The van der Waals surface area contributed by atoms with Gasteiger partial charge in [-0.3, -0.25) is 9.59 Å². The third-order valence-corrected chi connectivity index (χ3v) is 6.59. The van der Waals surface area contributed by atoms with Gasteiger partial charge in [-0.25, -0.2) is 9.40 Å². The Labute approximate surface area is 216 Å². The lowest BCUT2D eigenvalue weighted by atomic mass is 9.96. The molecule has 0 fully saturated rings. The summed E-state index contributed by atoms with van der Waals surface area (Å²) in [6, 6.07) is 16.6. The molecule has 3 aromatic rings. The van der Waals surface area contributed by atoms with Crippen molar-refractivity contribution >= 4 is 17.5 Å². The number of amides is 2. The van der Waals surface area contributed by atoms with Crippen LogP contribution in [0.5, 0.6) is 11.5 Å². The fraction of sp³-hybridized carbons (Fsp3) is 0.276. The van der Waals surface area contributed by atoms with E-state index in [4.69, 9.17) is 14.6 Å². The lowest BCUT2D eigenvalue weighted by Crippen LogP contribution is -2.39. The number of carbonyl (C=O) groups excluding carboxylic acids is 2. The molecule has 1 aliphatic heterocycles. The van der Waals surface area contributed by atoms with Crippen LogP contribution in [0.1, 0.15) is 45.1 Å². The molecule has 0 aromatic heterocycles. The first kappa shape index (κ1) is 25.9. The highest BCUT2D eigenvalue weighted by Crippen LogP contribution is 2.37. The molecule has 0 unspecified atom stereocenters. The molecule has 1 atom stereocenters. The number of hydrogen-bond acceptors (Lipinski definition) is 5. The summed E-state index contributed by atoms with van der Waals surface area (Å²) in [5, 5.41) is 6.15. The molecule has 0 saturated carbocycles. The summed E-state index contributed by atoms with van der Waals surface area (Å²) in [6.45, 7) is 3.86. The number of methoxy groups -OCH3 is 2. The third-order valence-electron chi connectivity index (χ3n) is 6.59. The van der Waals surface area contributed by atoms with Gasteiger partial charge in [0, 0.05) is 19.0 Å². The molecule has 0 spiro atoms. The van der Waals surface area contributed by atoms with Crippen LogP contribution in [0.25, 0.3) is 0 Å². The summed E-state index contributed by atoms with van der Waals surface area (Å²) in [7, 11) is 4.64. The van der Waals surface area contributed by atoms with Gasteiger partial charge in [0.25, 0.3) is 11.8 Å². The van der Waals surface area contributed by atoms with Gasteiger partial charge < -0.3 is 14.4 Å². The van der Waals surface area contributed by atoms with Gasteiger partial charge in [0.1, 0.15) is 12.4 Å². The van der Waals surface area contributed by atoms with Crippen LogP contribution >= 0.6 is 0 Å². The lowest BCUT2D eigenvalue weighted by molar-refractivity contribution is -0.133. The molecule has 3 aromatic carbocycles. The molecule has 2 amide bonds. The zero-order valence-corrected chi connectivity index (χ0v) is 21.6. The molecule has 0 aliphatic carbocycles. The Morgan fingerprint density at radius 1 is 1.00 bits per heavy atom. The van der Waals surface area contributed by atoms with E-state index < -0.39 is 17.8 Å². The van der Waals surface area contributed by atoms with Crippen molar-refractivity contribution in [1.29, 1.82) is 0 Å². The van der Waals surface area contributed by atoms with Crippen LogP contribution in [0, 0.1) is 19.7 Å². The standard InChI is InChI=1S/C29H30FN3O4/c1-18-9-10-20(13-19(18)2)24-16-25(21-11-12-26(36-4)27(15-21)37-5)33(31-24)28(34)17-32(3)29(35)22-7-6-8-23(30)14-22/h6-15,25H,16-17H2,1-5H3/t25-/m0/s1. The van der Waals surface area contributed by atoms with E-state index in [1.54, 1.807) is 20.3 Å². The second kappa shape index (κ2) is 10.8. The fourth-order valence-electron chi connectivity index (χ4n) is 4.34. The predicted octanol–water partition coefficient (Wildman–Crippen LogP) is 4.91. The maximum atomic E-state index is 13.6. The van der Waals surface area contributed by atoms with E-state index in [0.29, 0.717) is 17.9 Å². The van der Waals surface area contributed by atoms with E-state index >= 15 is 0 Å². The number of nitrogens with zero attached hydrogens (tertiary/aromatic N) is 3. The van der Waals surface area contributed by atoms with E-state index in [9.17, 15) is 14.0 Å². The van der Waals surface area contributed by atoms with Crippen molar-refractivity contribution in [1.82, 2.24) is 9.91 Å². The Kier molecular flexibility index (Phi) is 7.57. The molecule has 1 aliphatic rings. The molecular formula is C29H30FN3O4. The first-order valence-electron chi connectivity index (χ1n) is 11.9. The summed E-state index contributed by atoms with van der Waals surface area (Å²) >= 11 is 0. The van der Waals surface area contributed by atoms with Gasteiger partial charge in [-0.15, -0.1) is 0 Å². The largest absolute Gasteiger partial charge is 0.493 e. The molecule has 0 bridgehead atoms. The highest BCUT2D eigenvalue weighted by Gasteiger charge is 2.34. The van der Waals surface area contributed by atoms with E-state index in [1.165, 1.54) is 40.7 Å². The number of rotatable bonds is 7. The van der Waals surface area contributed by atoms with Gasteiger partial charge in [-0.1, -0.05) is 24.3 Å². The molecule has 0 radical (unpaired) electrons. The van der Waals surface area contributed by atoms with Crippen molar-refractivity contribution in [3.05, 3.63) is 94.3 Å². The number of carbonyl (C=O) groups is 2. The Hall–Kier alpha value is -4.20. The minimum atomic E-state index is -0.513. The van der Waals surface area contributed by atoms with Gasteiger partial charge in [0.15, 0.2) is 11.5 Å². The Balaban J connectivity index is 1.65. The highest BCUT2D eigenvalue weighted by atomic mass is 19.1. The van der Waals surface area contributed by atoms with Crippen LogP contribution in [0.4, 0.5) is 4.39 Å². The summed E-state index contributed by atoms with van der Waals surface area (Å²) in [5.74, 6) is -0.191. The summed E-state index contributed by atoms with van der Waals surface area (Å²) in [6.07, 6.45) is 0.491. The van der Waals surface area contributed by atoms with Crippen LogP contribution in [-0.4, -0.2) is 55.2 Å². The monoisotopic (exact) mass is 503 g/mol. The van der Waals surface area contributed by atoms with Crippen LogP contribution in [0.3, 0.4) is 0 Å². The van der Waals surface area contributed by atoms with Gasteiger partial charge in [-0.05, 0) is 72.5 Å². The molecule has 8 heteroatoms. The predicted molar refractivity (Wildman–Crippen MR) is 140 cm³/mol. The quantitative estimate of drug-likeness (QED) is 0.459. The number of ether oxygens (including phenoxy) is 2. The summed E-state index contributed by atoms with van der Waals surface area (Å²) < 4.78 is 24.5. The topological polar surface area (TPSA) is 71.4 Å². The molecule has 4 rings (SSSR count). The van der Waals surface area contributed by atoms with Crippen LogP contribution in [0.2, 0.25) is 0 Å². The SMILES string of the molecule is COc1ccc([C@@H]2CC(c3ccc(C)c(C)c3)=NN2C(=O)CN(C)C(=O)c2cccc(F)c2)cc1OC. The summed E-state index contributed by atoms with van der Waals surface area (Å²) in [5.41, 5.74) is 5.01. The highest BCUT2D eigenvalue weighted by molar-refractivity contribution is 6.04. The van der Waals surface area contributed by atoms with Crippen molar-refractivity contribution in [2.75, 3.05) is 27.8 Å². The maximum Gasteiger partial charge on any atom is 0.262 e. The van der Waals surface area contributed by atoms with Crippen molar-refractivity contribution in [2.24, 2.45) is 5.10 Å². The number of benzene rings is 3. The van der Waals surface area contributed by atoms with Gasteiger partial charge in [0.05, 0.1) is 26.0 Å². The number of aryl methyl sites for hydroxylation is 2. The zero-order chi connectivity index (χ0) is 26.7. The summed E-state index contributed by atoms with van der Waals surface area (Å²) in [4.78, 5) is 27.6. The van der Waals surface area contributed by atoms with Crippen molar-refractivity contribution in [3.8, 4) is 11.5 Å². The molecular weight excluding hydrogens is 473 g/mol. The normalized spacial score (nSPS) is 14.8. The molecule has 0 N–H and O–H groups in total. The smallest absolute Gasteiger partial charge is 0.262 e. The Morgan fingerprint density at radius 3 is 2.43 bits per heavy atom. The minimum Gasteiger partial charge on any atom is -0.493 e. The number of hydrogen-bond donors (Lipinski definition) is 0. The van der Waals surface area contributed by atoms with Gasteiger partial charge in [-0.2, -0.15) is 5.10 Å². The number of halogens is 1.